The SMILES string of the molecule is COc1ccccc1-c1cnccc1C(=O)Nc1nnc(OC2CC(F)(F)C2)s1. The summed E-state index contributed by atoms with van der Waals surface area (Å²) in [6.07, 6.45) is 1.83. The minimum Gasteiger partial charge on any atom is -0.496 e. The number of nitrogens with one attached hydrogen (secondary N) is 1. The van der Waals surface area contributed by atoms with E-state index in [9.17, 15) is 13.6 Å². The second kappa shape index (κ2) is 7.70. The molecular weight excluding hydrogens is 402 g/mol. The fraction of sp³-hybridized carbons (Fsp3) is 0.263. The van der Waals surface area contributed by atoms with E-state index in [0.29, 0.717) is 16.9 Å². The van der Waals surface area contributed by atoms with Gasteiger partial charge in [-0.05, 0) is 23.5 Å². The summed E-state index contributed by atoms with van der Waals surface area (Å²) in [5.41, 5.74) is 1.70. The number of amides is 1. The normalized spacial score (nSPS) is 15.4. The maximum Gasteiger partial charge on any atom is 0.296 e. The number of para-hydroxylation sites is 1. The van der Waals surface area contributed by atoms with Crippen molar-refractivity contribution in [2.45, 2.75) is 24.9 Å². The zero-order valence-corrected chi connectivity index (χ0v) is 16.1. The predicted molar refractivity (Wildman–Crippen MR) is 103 cm³/mol. The summed E-state index contributed by atoms with van der Waals surface area (Å²) >= 11 is 0.981. The van der Waals surface area contributed by atoms with Gasteiger partial charge >= 0.3 is 0 Å². The second-order valence-corrected chi connectivity index (χ2v) is 7.39. The van der Waals surface area contributed by atoms with E-state index < -0.39 is 17.9 Å². The molecule has 150 valence electrons. The molecule has 4 rings (SSSR count). The van der Waals surface area contributed by atoms with Crippen molar-refractivity contribution in [3.63, 3.8) is 0 Å². The Bertz CT molecular complexity index is 1040. The average Bonchev–Trinajstić information content (AvgIpc) is 3.13. The van der Waals surface area contributed by atoms with Gasteiger partial charge in [0.05, 0.1) is 12.7 Å². The molecule has 0 unspecified atom stereocenters. The topological polar surface area (TPSA) is 86.2 Å². The summed E-state index contributed by atoms with van der Waals surface area (Å²) in [5, 5.41) is 10.7. The molecule has 0 spiro atoms. The monoisotopic (exact) mass is 418 g/mol. The van der Waals surface area contributed by atoms with E-state index in [1.165, 1.54) is 6.20 Å². The standard InChI is InChI=1S/C19H16F2N4O3S/c1-27-15-5-3-2-4-12(15)14-10-22-7-6-13(14)16(26)23-17-24-25-18(29-17)28-11-8-19(20,21)9-11/h2-7,10-11H,8-9H2,1H3,(H,23,24,26). The number of hydrogen-bond donors (Lipinski definition) is 1. The minimum absolute atomic E-state index is 0.139. The molecule has 1 saturated carbocycles. The lowest BCUT2D eigenvalue weighted by molar-refractivity contribution is -0.134. The molecule has 1 fully saturated rings. The Morgan fingerprint density at radius 3 is 2.76 bits per heavy atom. The number of alkyl halides is 2. The molecule has 2 heterocycles. The van der Waals surface area contributed by atoms with Crippen LogP contribution >= 0.6 is 11.3 Å². The second-order valence-electron chi connectivity index (χ2n) is 6.45. The maximum absolute atomic E-state index is 12.9. The van der Waals surface area contributed by atoms with E-state index >= 15 is 0 Å². The van der Waals surface area contributed by atoms with E-state index in [0.717, 1.165) is 16.9 Å². The van der Waals surface area contributed by atoms with Gasteiger partial charge in [0.15, 0.2) is 0 Å². The molecule has 7 nitrogen and oxygen atoms in total. The van der Waals surface area contributed by atoms with Crippen LogP contribution in [0.1, 0.15) is 23.2 Å². The summed E-state index contributed by atoms with van der Waals surface area (Å²) < 4.78 is 36.5. The third kappa shape index (κ3) is 4.16. The van der Waals surface area contributed by atoms with Gasteiger partial charge in [-0.2, -0.15) is 0 Å². The number of rotatable bonds is 6. The van der Waals surface area contributed by atoms with Crippen molar-refractivity contribution in [1.29, 1.82) is 0 Å². The molecule has 0 aliphatic heterocycles. The Hall–Kier alpha value is -3.14. The lowest BCUT2D eigenvalue weighted by Gasteiger charge is -2.33. The Morgan fingerprint density at radius 1 is 1.21 bits per heavy atom. The Balaban J connectivity index is 1.50. The summed E-state index contributed by atoms with van der Waals surface area (Å²) in [6.45, 7) is 0. The minimum atomic E-state index is -2.68. The molecule has 29 heavy (non-hydrogen) atoms. The molecule has 0 radical (unpaired) electrons. The van der Waals surface area contributed by atoms with Gasteiger partial charge in [0.2, 0.25) is 5.13 Å². The van der Waals surface area contributed by atoms with E-state index in [4.69, 9.17) is 9.47 Å². The molecule has 1 N–H and O–H groups in total. The van der Waals surface area contributed by atoms with Crippen LogP contribution in [0.15, 0.2) is 42.7 Å². The van der Waals surface area contributed by atoms with Crippen LogP contribution in [0.25, 0.3) is 11.1 Å². The van der Waals surface area contributed by atoms with Gasteiger partial charge in [0, 0.05) is 36.4 Å². The number of hydrogen-bond acceptors (Lipinski definition) is 7. The van der Waals surface area contributed by atoms with Crippen molar-refractivity contribution in [3.05, 3.63) is 48.3 Å². The first-order valence-corrected chi connectivity index (χ1v) is 9.53. The summed E-state index contributed by atoms with van der Waals surface area (Å²) in [5.74, 6) is -2.48. The number of nitrogens with zero attached hydrogens (tertiary/aromatic N) is 3. The highest BCUT2D eigenvalue weighted by Crippen LogP contribution is 2.40. The molecule has 1 aliphatic rings. The molecule has 0 bridgehead atoms. The maximum atomic E-state index is 12.9. The highest BCUT2D eigenvalue weighted by molar-refractivity contribution is 7.17. The highest BCUT2D eigenvalue weighted by Gasteiger charge is 2.47. The number of pyridine rings is 1. The molecule has 3 aromatic rings. The van der Waals surface area contributed by atoms with Gasteiger partial charge in [-0.15, -0.1) is 5.10 Å². The first-order chi connectivity index (χ1) is 13.9. The van der Waals surface area contributed by atoms with Crippen LogP contribution in [0.2, 0.25) is 0 Å². The molecular formula is C19H16F2N4O3S. The third-order valence-electron chi connectivity index (χ3n) is 4.41. The number of benzene rings is 1. The molecule has 0 saturated heterocycles. The van der Waals surface area contributed by atoms with E-state index in [1.807, 2.05) is 18.2 Å². The van der Waals surface area contributed by atoms with Crippen LogP contribution in [0.5, 0.6) is 10.9 Å². The van der Waals surface area contributed by atoms with Crippen LogP contribution < -0.4 is 14.8 Å². The quantitative estimate of drug-likeness (QED) is 0.650. The number of aromatic nitrogens is 3. The summed E-state index contributed by atoms with van der Waals surface area (Å²) in [7, 11) is 1.55. The van der Waals surface area contributed by atoms with Gasteiger partial charge < -0.3 is 9.47 Å². The number of ether oxygens (including phenoxy) is 2. The van der Waals surface area contributed by atoms with Crippen LogP contribution in [-0.2, 0) is 0 Å². The van der Waals surface area contributed by atoms with Crippen LogP contribution in [0.4, 0.5) is 13.9 Å². The average molecular weight is 418 g/mol. The first kappa shape index (κ1) is 19.2. The van der Waals surface area contributed by atoms with Crippen molar-refractivity contribution < 1.29 is 23.0 Å². The largest absolute Gasteiger partial charge is 0.496 e. The van der Waals surface area contributed by atoms with Crippen molar-refractivity contribution in [2.24, 2.45) is 0 Å². The molecule has 0 atom stereocenters. The molecule has 2 aromatic heterocycles. The molecule has 1 aliphatic carbocycles. The molecule has 1 aromatic carbocycles. The van der Waals surface area contributed by atoms with Crippen molar-refractivity contribution in [1.82, 2.24) is 15.2 Å². The van der Waals surface area contributed by atoms with Crippen molar-refractivity contribution in [2.75, 3.05) is 12.4 Å². The fourth-order valence-electron chi connectivity index (χ4n) is 2.98. The number of halogens is 2. The summed E-state index contributed by atoms with van der Waals surface area (Å²) in [4.78, 5) is 16.9. The zero-order valence-electron chi connectivity index (χ0n) is 15.3. The third-order valence-corrected chi connectivity index (χ3v) is 5.14. The van der Waals surface area contributed by atoms with Crippen molar-refractivity contribution >= 4 is 22.4 Å². The van der Waals surface area contributed by atoms with Crippen LogP contribution in [0, 0.1) is 0 Å². The molecule has 10 heteroatoms. The van der Waals surface area contributed by atoms with E-state index in [1.54, 1.807) is 25.4 Å². The lowest BCUT2D eigenvalue weighted by atomic mass is 9.91. The fourth-order valence-corrected chi connectivity index (χ4v) is 3.64. The van der Waals surface area contributed by atoms with E-state index in [2.05, 4.69) is 20.5 Å². The van der Waals surface area contributed by atoms with Gasteiger partial charge in [0.25, 0.3) is 17.0 Å². The summed E-state index contributed by atoms with van der Waals surface area (Å²) in [6, 6.07) is 8.89. The van der Waals surface area contributed by atoms with E-state index in [-0.39, 0.29) is 23.2 Å². The number of methoxy groups -OCH3 is 1. The smallest absolute Gasteiger partial charge is 0.296 e. The Kier molecular flexibility index (Phi) is 5.10. The van der Waals surface area contributed by atoms with Crippen molar-refractivity contribution in [3.8, 4) is 22.1 Å². The predicted octanol–water partition coefficient (Wildman–Crippen LogP) is 4.04. The van der Waals surface area contributed by atoms with Gasteiger partial charge in [-0.1, -0.05) is 23.3 Å². The Morgan fingerprint density at radius 2 is 2.00 bits per heavy atom. The Labute approximate surface area is 168 Å². The van der Waals surface area contributed by atoms with Gasteiger partial charge in [-0.25, -0.2) is 8.78 Å². The zero-order chi connectivity index (χ0) is 20.4. The number of anilines is 1. The number of carbonyl (C=O) groups is 1. The van der Waals surface area contributed by atoms with Gasteiger partial charge in [-0.3, -0.25) is 15.1 Å². The number of carbonyl (C=O) groups excluding carboxylic acids is 1. The highest BCUT2D eigenvalue weighted by atomic mass is 32.1. The van der Waals surface area contributed by atoms with Gasteiger partial charge in [0.1, 0.15) is 11.9 Å². The molecule has 1 amide bonds. The lowest BCUT2D eigenvalue weighted by Crippen LogP contribution is -2.43. The first-order valence-electron chi connectivity index (χ1n) is 8.72. The van der Waals surface area contributed by atoms with Crippen LogP contribution in [-0.4, -0.2) is 40.2 Å². The van der Waals surface area contributed by atoms with Crippen LogP contribution in [0.3, 0.4) is 0 Å².